The number of ether oxygens (including phenoxy) is 2. The Morgan fingerprint density at radius 1 is 1.19 bits per heavy atom. The first kappa shape index (κ1) is 14.4. The molecule has 4 heteroatoms. The highest BCUT2D eigenvalue weighted by Gasteiger charge is 2.18. The Morgan fingerprint density at radius 2 is 1.69 bits per heavy atom. The maximum absolute atomic E-state index is 11.5. The van der Waals surface area contributed by atoms with E-state index in [1.54, 1.807) is 27.7 Å². The van der Waals surface area contributed by atoms with Crippen molar-refractivity contribution in [3.05, 3.63) is 23.8 Å². The Balaban J connectivity index is 4.59. The predicted octanol–water partition coefficient (Wildman–Crippen LogP) is 2.00. The molecule has 16 heavy (non-hydrogen) atoms. The molecule has 0 fully saturated rings. The maximum Gasteiger partial charge on any atom is 0.338 e. The molecular formula is C12H18O4. The van der Waals surface area contributed by atoms with E-state index in [-0.39, 0.29) is 5.57 Å². The second-order valence-corrected chi connectivity index (χ2v) is 4.35. The normalized spacial score (nSPS) is 11.9. The van der Waals surface area contributed by atoms with Crippen LogP contribution in [0.15, 0.2) is 23.8 Å². The number of esters is 2. The molecule has 0 spiro atoms. The molecule has 0 rings (SSSR count). The fourth-order valence-electron chi connectivity index (χ4n) is 0.884. The van der Waals surface area contributed by atoms with E-state index in [1.807, 2.05) is 0 Å². The Kier molecular flexibility index (Phi) is 4.95. The van der Waals surface area contributed by atoms with E-state index in [2.05, 4.69) is 11.3 Å². The van der Waals surface area contributed by atoms with Gasteiger partial charge in [0, 0.05) is 5.57 Å². The quantitative estimate of drug-likeness (QED) is 0.419. The summed E-state index contributed by atoms with van der Waals surface area (Å²) in [5.74, 6) is -1.04. The fourth-order valence-corrected chi connectivity index (χ4v) is 0.884. The molecule has 0 unspecified atom stereocenters. The van der Waals surface area contributed by atoms with Gasteiger partial charge in [0.15, 0.2) is 0 Å². The SMILES string of the molecule is C=C(C=C(C)C(=O)OC)C(=O)OC(C)(C)C. The standard InChI is InChI=1S/C12H18O4/c1-8(10(13)15-6)7-9(2)11(14)16-12(3,4)5/h7H,2H2,1,3-6H3. The van der Waals surface area contributed by atoms with Crippen LogP contribution < -0.4 is 0 Å². The summed E-state index contributed by atoms with van der Waals surface area (Å²) < 4.78 is 9.57. The zero-order valence-corrected chi connectivity index (χ0v) is 10.4. The summed E-state index contributed by atoms with van der Waals surface area (Å²) >= 11 is 0. The van der Waals surface area contributed by atoms with Gasteiger partial charge in [-0.1, -0.05) is 6.58 Å². The van der Waals surface area contributed by atoms with Gasteiger partial charge in [-0.3, -0.25) is 0 Å². The summed E-state index contributed by atoms with van der Waals surface area (Å²) in [5.41, 5.74) is -0.149. The predicted molar refractivity (Wildman–Crippen MR) is 60.8 cm³/mol. The second-order valence-electron chi connectivity index (χ2n) is 4.35. The van der Waals surface area contributed by atoms with E-state index < -0.39 is 17.5 Å². The van der Waals surface area contributed by atoms with Gasteiger partial charge in [-0.15, -0.1) is 0 Å². The van der Waals surface area contributed by atoms with Gasteiger partial charge < -0.3 is 9.47 Å². The molecule has 0 amide bonds. The van der Waals surface area contributed by atoms with Crippen LogP contribution in [0.4, 0.5) is 0 Å². The van der Waals surface area contributed by atoms with Crippen molar-refractivity contribution in [2.24, 2.45) is 0 Å². The molecule has 0 radical (unpaired) electrons. The van der Waals surface area contributed by atoms with Crippen molar-refractivity contribution in [2.75, 3.05) is 7.11 Å². The molecule has 0 saturated heterocycles. The van der Waals surface area contributed by atoms with Crippen LogP contribution in [0.5, 0.6) is 0 Å². The summed E-state index contributed by atoms with van der Waals surface area (Å²) in [6, 6.07) is 0. The third kappa shape index (κ3) is 5.34. The minimum atomic E-state index is -0.576. The first-order valence-corrected chi connectivity index (χ1v) is 4.86. The first-order chi connectivity index (χ1) is 7.17. The largest absolute Gasteiger partial charge is 0.466 e. The van der Waals surface area contributed by atoms with E-state index >= 15 is 0 Å². The van der Waals surface area contributed by atoms with Crippen molar-refractivity contribution >= 4 is 11.9 Å². The Bertz CT molecular complexity index is 331. The Hall–Kier alpha value is -1.58. The summed E-state index contributed by atoms with van der Waals surface area (Å²) in [5, 5.41) is 0. The molecule has 0 heterocycles. The molecule has 0 aliphatic rings. The molecule has 0 aromatic rings. The lowest BCUT2D eigenvalue weighted by Crippen LogP contribution is -2.24. The molecule has 0 N–H and O–H groups in total. The van der Waals surface area contributed by atoms with Gasteiger partial charge in [0.2, 0.25) is 0 Å². The fraction of sp³-hybridized carbons (Fsp3) is 0.500. The van der Waals surface area contributed by atoms with E-state index in [1.165, 1.54) is 13.2 Å². The van der Waals surface area contributed by atoms with Crippen LogP contribution in [0, 0.1) is 0 Å². The van der Waals surface area contributed by atoms with Crippen LogP contribution in [0.2, 0.25) is 0 Å². The average Bonchev–Trinajstić information content (AvgIpc) is 2.13. The van der Waals surface area contributed by atoms with Gasteiger partial charge >= 0.3 is 11.9 Å². The lowest BCUT2D eigenvalue weighted by Gasteiger charge is -2.19. The highest BCUT2D eigenvalue weighted by Crippen LogP contribution is 2.12. The summed E-state index contributed by atoms with van der Waals surface area (Å²) in [6.07, 6.45) is 1.35. The lowest BCUT2D eigenvalue weighted by molar-refractivity contribution is -0.149. The lowest BCUT2D eigenvalue weighted by atomic mass is 10.1. The van der Waals surface area contributed by atoms with E-state index in [9.17, 15) is 9.59 Å². The van der Waals surface area contributed by atoms with Crippen molar-refractivity contribution in [1.82, 2.24) is 0 Å². The Labute approximate surface area is 95.9 Å². The van der Waals surface area contributed by atoms with Crippen LogP contribution in [0.3, 0.4) is 0 Å². The summed E-state index contributed by atoms with van der Waals surface area (Å²) in [7, 11) is 1.27. The van der Waals surface area contributed by atoms with Gasteiger partial charge in [-0.2, -0.15) is 0 Å². The number of carbonyl (C=O) groups excluding carboxylic acids is 2. The molecule has 0 bridgehead atoms. The molecule has 90 valence electrons. The zero-order valence-electron chi connectivity index (χ0n) is 10.4. The summed E-state index contributed by atoms with van der Waals surface area (Å²) in [4.78, 5) is 22.6. The molecule has 0 aliphatic heterocycles. The Morgan fingerprint density at radius 3 is 2.06 bits per heavy atom. The topological polar surface area (TPSA) is 52.6 Å². The number of rotatable bonds is 3. The van der Waals surface area contributed by atoms with Gasteiger partial charge in [-0.05, 0) is 33.8 Å². The van der Waals surface area contributed by atoms with Crippen molar-refractivity contribution in [3.8, 4) is 0 Å². The van der Waals surface area contributed by atoms with Crippen molar-refractivity contribution in [3.63, 3.8) is 0 Å². The smallest absolute Gasteiger partial charge is 0.338 e. The first-order valence-electron chi connectivity index (χ1n) is 4.86. The minimum Gasteiger partial charge on any atom is -0.466 e. The molecule has 0 aromatic heterocycles. The van der Waals surface area contributed by atoms with Gasteiger partial charge in [0.25, 0.3) is 0 Å². The van der Waals surface area contributed by atoms with Crippen LogP contribution >= 0.6 is 0 Å². The highest BCUT2D eigenvalue weighted by atomic mass is 16.6. The number of hydrogen-bond donors (Lipinski definition) is 0. The van der Waals surface area contributed by atoms with Crippen molar-refractivity contribution < 1.29 is 19.1 Å². The maximum atomic E-state index is 11.5. The number of hydrogen-bond acceptors (Lipinski definition) is 4. The van der Waals surface area contributed by atoms with Crippen LogP contribution in [0.1, 0.15) is 27.7 Å². The second kappa shape index (κ2) is 5.49. The highest BCUT2D eigenvalue weighted by molar-refractivity contribution is 5.95. The van der Waals surface area contributed by atoms with Crippen LogP contribution in [-0.2, 0) is 19.1 Å². The molecule has 0 aromatic carbocycles. The van der Waals surface area contributed by atoms with Gasteiger partial charge in [0.05, 0.1) is 12.7 Å². The van der Waals surface area contributed by atoms with E-state index in [0.29, 0.717) is 5.57 Å². The van der Waals surface area contributed by atoms with Gasteiger partial charge in [-0.25, -0.2) is 9.59 Å². The number of carbonyl (C=O) groups is 2. The van der Waals surface area contributed by atoms with E-state index in [4.69, 9.17) is 4.74 Å². The van der Waals surface area contributed by atoms with Crippen molar-refractivity contribution in [1.29, 1.82) is 0 Å². The monoisotopic (exact) mass is 226 g/mol. The third-order valence-electron chi connectivity index (χ3n) is 1.56. The van der Waals surface area contributed by atoms with Crippen molar-refractivity contribution in [2.45, 2.75) is 33.3 Å². The molecular weight excluding hydrogens is 208 g/mol. The summed E-state index contributed by atoms with van der Waals surface area (Å²) in [6.45, 7) is 10.4. The van der Waals surface area contributed by atoms with E-state index in [0.717, 1.165) is 0 Å². The number of methoxy groups -OCH3 is 1. The molecule has 0 atom stereocenters. The molecule has 0 aliphatic carbocycles. The average molecular weight is 226 g/mol. The van der Waals surface area contributed by atoms with Crippen LogP contribution in [-0.4, -0.2) is 24.6 Å². The molecule has 4 nitrogen and oxygen atoms in total. The van der Waals surface area contributed by atoms with Gasteiger partial charge in [0.1, 0.15) is 5.60 Å². The van der Waals surface area contributed by atoms with Crippen LogP contribution in [0.25, 0.3) is 0 Å². The third-order valence-corrected chi connectivity index (χ3v) is 1.56. The zero-order chi connectivity index (χ0) is 12.9. The minimum absolute atomic E-state index is 0.123. The molecule has 0 saturated carbocycles.